The molecule has 7 nitrogen and oxygen atoms in total. The van der Waals surface area contributed by atoms with Crippen molar-refractivity contribution in [2.24, 2.45) is 5.73 Å². The van der Waals surface area contributed by atoms with E-state index in [0.29, 0.717) is 18.2 Å². The Bertz CT molecular complexity index is 580. The number of aromatic nitrogens is 2. The maximum Gasteiger partial charge on any atom is 0.254 e. The third-order valence-corrected chi connectivity index (χ3v) is 3.84. The summed E-state index contributed by atoms with van der Waals surface area (Å²) in [5.41, 5.74) is 4.79. The number of rotatable bonds is 4. The molecule has 2 atom stereocenters. The van der Waals surface area contributed by atoms with Crippen molar-refractivity contribution in [1.29, 1.82) is 0 Å². The molecule has 23 heavy (non-hydrogen) atoms. The predicted octanol–water partition coefficient (Wildman–Crippen LogP) is 1.89. The largest absolute Gasteiger partial charge is 0.390 e. The number of nitrogens with zero attached hydrogens (tertiary/aromatic N) is 2. The predicted molar refractivity (Wildman–Crippen MR) is 90.4 cm³/mol. The summed E-state index contributed by atoms with van der Waals surface area (Å²) in [5, 5.41) is 16.7. The van der Waals surface area contributed by atoms with E-state index in [-0.39, 0.29) is 17.1 Å². The number of hydrogen-bond donors (Lipinski definition) is 4. The molecular weight excluding hydrogens is 294 g/mol. The van der Waals surface area contributed by atoms with Gasteiger partial charge in [0.2, 0.25) is 5.95 Å². The van der Waals surface area contributed by atoms with Crippen molar-refractivity contribution in [2.75, 3.05) is 10.6 Å². The molecule has 1 fully saturated rings. The molecule has 0 radical (unpaired) electrons. The summed E-state index contributed by atoms with van der Waals surface area (Å²) in [5.74, 6) is 0.284. The van der Waals surface area contributed by atoms with E-state index >= 15 is 0 Å². The van der Waals surface area contributed by atoms with Crippen LogP contribution in [0, 0.1) is 0 Å². The highest BCUT2D eigenvalue weighted by Crippen LogP contribution is 2.30. The summed E-state index contributed by atoms with van der Waals surface area (Å²) < 4.78 is 0. The minimum atomic E-state index is -0.692. The van der Waals surface area contributed by atoms with Gasteiger partial charge in [-0.1, -0.05) is 0 Å². The van der Waals surface area contributed by atoms with Crippen LogP contribution in [0.25, 0.3) is 0 Å². The average molecular weight is 321 g/mol. The molecule has 1 aromatic rings. The van der Waals surface area contributed by atoms with E-state index in [0.717, 1.165) is 19.3 Å². The summed E-state index contributed by atoms with van der Waals surface area (Å²) >= 11 is 0. The topological polar surface area (TPSA) is 113 Å². The Morgan fingerprint density at radius 3 is 2.74 bits per heavy atom. The average Bonchev–Trinajstić information content (AvgIpc) is 2.35. The number of nitrogens with two attached hydrogens (primary N) is 1. The lowest BCUT2D eigenvalue weighted by molar-refractivity contribution is 0.0182. The zero-order valence-electron chi connectivity index (χ0n) is 14.3. The van der Waals surface area contributed by atoms with E-state index < -0.39 is 11.5 Å². The van der Waals surface area contributed by atoms with Gasteiger partial charge >= 0.3 is 0 Å². The summed E-state index contributed by atoms with van der Waals surface area (Å²) in [7, 11) is 0. The maximum absolute atomic E-state index is 11.6. The maximum atomic E-state index is 11.6. The summed E-state index contributed by atoms with van der Waals surface area (Å²) in [4.78, 5) is 20.2. The SMILES string of the molecule is CC(C)(C)Nc1ncc(C(N)=O)c(N[C@@H]2CCC[C@](C)(O)C2)n1. The van der Waals surface area contributed by atoms with Crippen LogP contribution in [-0.2, 0) is 0 Å². The fourth-order valence-corrected chi connectivity index (χ4v) is 2.85. The molecule has 128 valence electrons. The molecule has 0 spiro atoms. The van der Waals surface area contributed by atoms with E-state index in [4.69, 9.17) is 5.73 Å². The Balaban J connectivity index is 2.23. The number of carbonyl (C=O) groups excluding carboxylic acids is 1. The Labute approximate surface area is 137 Å². The number of nitrogens with one attached hydrogen (secondary N) is 2. The van der Waals surface area contributed by atoms with Crippen molar-refractivity contribution in [3.8, 4) is 0 Å². The molecule has 1 amide bonds. The quantitative estimate of drug-likeness (QED) is 0.673. The summed E-state index contributed by atoms with van der Waals surface area (Å²) in [6.07, 6.45) is 4.67. The molecule has 1 heterocycles. The number of primary amides is 1. The zero-order chi connectivity index (χ0) is 17.3. The second kappa shape index (κ2) is 6.31. The molecule has 0 unspecified atom stereocenters. The Morgan fingerprint density at radius 2 is 2.17 bits per heavy atom. The van der Waals surface area contributed by atoms with Gasteiger partial charge in [0.05, 0.1) is 11.2 Å². The van der Waals surface area contributed by atoms with Crippen molar-refractivity contribution >= 4 is 17.7 Å². The molecule has 5 N–H and O–H groups in total. The fourth-order valence-electron chi connectivity index (χ4n) is 2.85. The zero-order valence-corrected chi connectivity index (χ0v) is 14.3. The fraction of sp³-hybridized carbons (Fsp3) is 0.688. The highest BCUT2D eigenvalue weighted by atomic mass is 16.3. The molecule has 1 saturated carbocycles. The minimum absolute atomic E-state index is 0.0502. The Morgan fingerprint density at radius 1 is 1.48 bits per heavy atom. The van der Waals surface area contributed by atoms with E-state index in [2.05, 4.69) is 20.6 Å². The number of anilines is 2. The van der Waals surface area contributed by atoms with Crippen molar-refractivity contribution in [3.63, 3.8) is 0 Å². The van der Waals surface area contributed by atoms with Crippen LogP contribution in [-0.4, -0.2) is 38.2 Å². The molecule has 0 aromatic carbocycles. The van der Waals surface area contributed by atoms with Gasteiger partial charge < -0.3 is 21.5 Å². The normalized spacial score (nSPS) is 25.0. The second-order valence-corrected chi connectivity index (χ2v) is 7.63. The molecule has 2 rings (SSSR count). The van der Waals surface area contributed by atoms with Crippen LogP contribution in [0.2, 0.25) is 0 Å². The number of aliphatic hydroxyl groups is 1. The van der Waals surface area contributed by atoms with Crippen LogP contribution in [0.5, 0.6) is 0 Å². The smallest absolute Gasteiger partial charge is 0.254 e. The van der Waals surface area contributed by atoms with Crippen LogP contribution in [0.3, 0.4) is 0 Å². The third kappa shape index (κ3) is 5.06. The first-order valence-electron chi connectivity index (χ1n) is 8.00. The molecule has 1 aliphatic carbocycles. The van der Waals surface area contributed by atoms with Crippen LogP contribution in [0.15, 0.2) is 6.20 Å². The molecule has 1 aliphatic rings. The molecule has 1 aromatic heterocycles. The van der Waals surface area contributed by atoms with E-state index in [1.807, 2.05) is 27.7 Å². The monoisotopic (exact) mass is 321 g/mol. The third-order valence-electron chi connectivity index (χ3n) is 3.84. The molecular formula is C16H27N5O2. The first-order chi connectivity index (χ1) is 10.6. The highest BCUT2D eigenvalue weighted by Gasteiger charge is 2.30. The van der Waals surface area contributed by atoms with E-state index in [9.17, 15) is 9.90 Å². The van der Waals surface area contributed by atoms with Crippen molar-refractivity contribution in [3.05, 3.63) is 11.8 Å². The molecule has 7 heteroatoms. The lowest BCUT2D eigenvalue weighted by atomic mass is 9.83. The lowest BCUT2D eigenvalue weighted by Crippen LogP contribution is -2.38. The van der Waals surface area contributed by atoms with Gasteiger partial charge in [-0.3, -0.25) is 4.79 Å². The van der Waals surface area contributed by atoms with E-state index in [1.54, 1.807) is 0 Å². The lowest BCUT2D eigenvalue weighted by Gasteiger charge is -2.34. The second-order valence-electron chi connectivity index (χ2n) is 7.63. The van der Waals surface area contributed by atoms with Crippen molar-refractivity contribution < 1.29 is 9.90 Å². The molecule has 0 saturated heterocycles. The number of carbonyl (C=O) groups is 1. The Kier molecular flexibility index (Phi) is 4.79. The van der Waals surface area contributed by atoms with Crippen molar-refractivity contribution in [1.82, 2.24) is 9.97 Å². The van der Waals surface area contributed by atoms with Gasteiger partial charge in [0, 0.05) is 17.8 Å². The van der Waals surface area contributed by atoms with Gasteiger partial charge in [-0.2, -0.15) is 4.98 Å². The van der Waals surface area contributed by atoms with Gasteiger partial charge in [0.15, 0.2) is 0 Å². The first-order valence-corrected chi connectivity index (χ1v) is 8.00. The van der Waals surface area contributed by atoms with Gasteiger partial charge in [-0.05, 0) is 53.4 Å². The number of hydrogen-bond acceptors (Lipinski definition) is 6. The minimum Gasteiger partial charge on any atom is -0.390 e. The first kappa shape index (κ1) is 17.5. The highest BCUT2D eigenvalue weighted by molar-refractivity contribution is 5.97. The number of amides is 1. The van der Waals surface area contributed by atoms with Gasteiger partial charge in [0.1, 0.15) is 5.82 Å². The van der Waals surface area contributed by atoms with E-state index in [1.165, 1.54) is 6.20 Å². The van der Waals surface area contributed by atoms with Crippen LogP contribution >= 0.6 is 0 Å². The van der Waals surface area contributed by atoms with Crippen molar-refractivity contribution in [2.45, 2.75) is 70.6 Å². The van der Waals surface area contributed by atoms with Crippen LogP contribution < -0.4 is 16.4 Å². The van der Waals surface area contributed by atoms with Gasteiger partial charge in [-0.15, -0.1) is 0 Å². The van der Waals surface area contributed by atoms with Crippen LogP contribution in [0.4, 0.5) is 11.8 Å². The van der Waals surface area contributed by atoms with Crippen LogP contribution in [0.1, 0.15) is 63.7 Å². The molecule has 0 aliphatic heterocycles. The van der Waals surface area contributed by atoms with Gasteiger partial charge in [0.25, 0.3) is 5.91 Å². The standard InChI is InChI=1S/C16H27N5O2/c1-15(2,3)21-14-18-9-11(12(17)22)13(20-14)19-10-6-5-7-16(4,23)8-10/h9-10,23H,5-8H2,1-4H3,(H2,17,22)(H2,18,19,20,21)/t10-,16+/m1/s1. The molecule has 0 bridgehead atoms. The summed E-state index contributed by atoms with van der Waals surface area (Å²) in [6, 6.07) is 0.0502. The Hall–Kier alpha value is -1.89. The summed E-state index contributed by atoms with van der Waals surface area (Å²) in [6.45, 7) is 7.85. The van der Waals surface area contributed by atoms with Gasteiger partial charge in [-0.25, -0.2) is 4.98 Å².